The predicted molar refractivity (Wildman–Crippen MR) is 144 cm³/mol. The van der Waals surface area contributed by atoms with E-state index >= 15 is 0 Å². The molecule has 3 aromatic rings. The molecule has 1 N–H and O–H groups in total. The van der Waals surface area contributed by atoms with Gasteiger partial charge in [-0.2, -0.15) is 5.26 Å². The highest BCUT2D eigenvalue weighted by molar-refractivity contribution is 7.82. The van der Waals surface area contributed by atoms with Crippen molar-refractivity contribution in [2.24, 2.45) is 0 Å². The maximum absolute atomic E-state index is 14.0. The Morgan fingerprint density at radius 1 is 1.15 bits per heavy atom. The third-order valence-electron chi connectivity index (χ3n) is 6.91. The first-order valence-corrected chi connectivity index (χ1v) is 14.0. The van der Waals surface area contributed by atoms with Gasteiger partial charge in [-0.15, -0.1) is 0 Å². The monoisotopic (exact) mass is 552 g/mol. The summed E-state index contributed by atoms with van der Waals surface area (Å²) in [6, 6.07) is 13.5. The van der Waals surface area contributed by atoms with Gasteiger partial charge in [0, 0.05) is 24.5 Å². The van der Waals surface area contributed by atoms with Gasteiger partial charge in [0.05, 0.1) is 29.2 Å². The minimum Gasteiger partial charge on any atom is -0.508 e. The number of pyridine rings is 1. The van der Waals surface area contributed by atoms with Crippen LogP contribution in [0.1, 0.15) is 61.8 Å². The summed E-state index contributed by atoms with van der Waals surface area (Å²) in [5.41, 5.74) is 1.70. The van der Waals surface area contributed by atoms with Gasteiger partial charge < -0.3 is 10.0 Å². The number of carbonyl (C=O) groups is 1. The van der Waals surface area contributed by atoms with Crippen molar-refractivity contribution in [1.82, 2.24) is 9.29 Å². The van der Waals surface area contributed by atoms with Gasteiger partial charge in [-0.3, -0.25) is 9.78 Å². The molecule has 4 rings (SSSR count). The van der Waals surface area contributed by atoms with Crippen molar-refractivity contribution in [3.8, 4) is 11.8 Å². The fourth-order valence-corrected chi connectivity index (χ4v) is 5.96. The number of likely N-dealkylation sites (N-methyl/N-ethyl adjacent to an activating group) is 1. The number of hydrogen-bond donors (Lipinski definition) is 1. The molecule has 0 aliphatic heterocycles. The van der Waals surface area contributed by atoms with E-state index in [9.17, 15) is 22.9 Å². The number of benzene rings is 2. The van der Waals surface area contributed by atoms with Crippen LogP contribution in [0, 0.1) is 23.0 Å². The van der Waals surface area contributed by atoms with Crippen LogP contribution < -0.4 is 4.90 Å². The van der Waals surface area contributed by atoms with Crippen molar-refractivity contribution in [3.63, 3.8) is 0 Å². The van der Waals surface area contributed by atoms with Crippen LogP contribution in [0.5, 0.6) is 5.75 Å². The Hall–Kier alpha value is -3.68. The van der Waals surface area contributed by atoms with E-state index in [4.69, 9.17) is 5.26 Å². The van der Waals surface area contributed by atoms with Crippen LogP contribution in [-0.4, -0.2) is 37.6 Å². The Morgan fingerprint density at radius 2 is 1.92 bits per heavy atom. The van der Waals surface area contributed by atoms with Gasteiger partial charge in [-0.1, -0.05) is 38.3 Å². The number of nitrogens with zero attached hydrogens (tertiary/aromatic N) is 4. The molecule has 1 unspecified atom stereocenters. The molecule has 7 nitrogen and oxygen atoms in total. The maximum atomic E-state index is 14.0. The van der Waals surface area contributed by atoms with Crippen LogP contribution in [-0.2, 0) is 22.3 Å². The first-order valence-electron chi connectivity index (χ1n) is 12.9. The predicted octanol–water partition coefficient (Wildman–Crippen LogP) is 5.56. The number of phenolic OH excluding ortho intramolecular Hbond substituents is 1. The quantitative estimate of drug-likeness (QED) is 0.375. The first kappa shape index (κ1) is 28.3. The molecule has 1 aliphatic rings. The molecule has 1 heterocycles. The molecular formula is C29H30F2N4O3S. The van der Waals surface area contributed by atoms with E-state index in [1.807, 2.05) is 18.3 Å². The fourth-order valence-electron chi connectivity index (χ4n) is 4.77. The molecule has 2 aromatic carbocycles. The zero-order valence-corrected chi connectivity index (χ0v) is 22.5. The van der Waals surface area contributed by atoms with E-state index in [2.05, 4.69) is 4.98 Å². The fraction of sp³-hybridized carbons (Fsp3) is 0.345. The van der Waals surface area contributed by atoms with Gasteiger partial charge in [0.1, 0.15) is 22.8 Å². The minimum atomic E-state index is -2.04. The lowest BCUT2D eigenvalue weighted by atomic mass is 9.85. The molecule has 1 aliphatic carbocycles. The van der Waals surface area contributed by atoms with Crippen LogP contribution in [0.4, 0.5) is 14.5 Å². The lowest BCUT2D eigenvalue weighted by Crippen LogP contribution is -2.41. The van der Waals surface area contributed by atoms with Crippen molar-refractivity contribution in [2.45, 2.75) is 56.4 Å². The third-order valence-corrected chi connectivity index (χ3v) is 8.40. The molecule has 0 spiro atoms. The number of rotatable bonds is 9. The topological polar surface area (TPSA) is 97.5 Å². The zero-order chi connectivity index (χ0) is 27.9. The molecule has 0 saturated heterocycles. The summed E-state index contributed by atoms with van der Waals surface area (Å²) in [7, 11) is -2.04. The largest absolute Gasteiger partial charge is 0.508 e. The van der Waals surface area contributed by atoms with Crippen LogP contribution in [0.3, 0.4) is 0 Å². The third kappa shape index (κ3) is 6.85. The molecular weight excluding hydrogens is 522 g/mol. The van der Waals surface area contributed by atoms with Gasteiger partial charge in [0.15, 0.2) is 11.6 Å². The Bertz CT molecular complexity index is 1390. The van der Waals surface area contributed by atoms with Gasteiger partial charge in [0.25, 0.3) is 0 Å². The standard InChI is InChI=1S/C29H30F2N4O3S/c1-2-34(39(38)26-13-22(16-32)29(31)27(30)15-26)19-28(37)35(24-9-6-10-25(36)14-24)18-23-12-11-21(17-33-23)20-7-4-3-5-8-20/h6,9-15,17,20,36H,2-5,7-8,18-19H2,1H3. The summed E-state index contributed by atoms with van der Waals surface area (Å²) >= 11 is 0. The number of phenols is 1. The first-order chi connectivity index (χ1) is 18.8. The smallest absolute Gasteiger partial charge is 0.242 e. The second-order valence-electron chi connectivity index (χ2n) is 9.50. The molecule has 39 heavy (non-hydrogen) atoms. The molecule has 1 fully saturated rings. The minimum absolute atomic E-state index is 0.0207. The summed E-state index contributed by atoms with van der Waals surface area (Å²) in [6.45, 7) is 1.63. The summed E-state index contributed by atoms with van der Waals surface area (Å²) < 4.78 is 42.3. The number of aromatic nitrogens is 1. The zero-order valence-electron chi connectivity index (χ0n) is 21.6. The summed E-state index contributed by atoms with van der Waals surface area (Å²) in [4.78, 5) is 19.5. The molecule has 1 amide bonds. The normalized spacial score (nSPS) is 14.6. The van der Waals surface area contributed by atoms with E-state index in [-0.39, 0.29) is 30.3 Å². The van der Waals surface area contributed by atoms with Gasteiger partial charge >= 0.3 is 0 Å². The Kier molecular flexibility index (Phi) is 9.38. The Labute approximate surface area is 229 Å². The second kappa shape index (κ2) is 12.9. The summed E-state index contributed by atoms with van der Waals surface area (Å²) in [6.07, 6.45) is 7.84. The van der Waals surface area contributed by atoms with Gasteiger partial charge in [0.2, 0.25) is 5.91 Å². The van der Waals surface area contributed by atoms with E-state index in [0.717, 1.165) is 25.0 Å². The molecule has 1 saturated carbocycles. The lowest BCUT2D eigenvalue weighted by Gasteiger charge is -2.27. The number of anilines is 1. The lowest BCUT2D eigenvalue weighted by molar-refractivity contribution is -0.118. The van der Waals surface area contributed by atoms with Crippen LogP contribution in [0.15, 0.2) is 59.6 Å². The average molecular weight is 553 g/mol. The Balaban J connectivity index is 1.56. The van der Waals surface area contributed by atoms with Crippen molar-refractivity contribution in [2.75, 3.05) is 18.0 Å². The van der Waals surface area contributed by atoms with Crippen LogP contribution in [0.25, 0.3) is 0 Å². The van der Waals surface area contributed by atoms with E-state index < -0.39 is 34.1 Å². The van der Waals surface area contributed by atoms with Crippen molar-refractivity contribution in [1.29, 1.82) is 5.26 Å². The van der Waals surface area contributed by atoms with Crippen molar-refractivity contribution >= 4 is 22.6 Å². The van der Waals surface area contributed by atoms with E-state index in [1.54, 1.807) is 25.1 Å². The highest BCUT2D eigenvalue weighted by atomic mass is 32.2. The van der Waals surface area contributed by atoms with Crippen molar-refractivity contribution < 1.29 is 22.9 Å². The summed E-state index contributed by atoms with van der Waals surface area (Å²) in [5.74, 6) is -2.56. The number of carbonyl (C=O) groups excluding carboxylic acids is 1. The maximum Gasteiger partial charge on any atom is 0.242 e. The van der Waals surface area contributed by atoms with Crippen molar-refractivity contribution in [3.05, 3.63) is 83.2 Å². The van der Waals surface area contributed by atoms with Crippen LogP contribution >= 0.6 is 0 Å². The average Bonchev–Trinajstić information content (AvgIpc) is 2.96. The molecule has 1 atom stereocenters. The Morgan fingerprint density at radius 3 is 2.56 bits per heavy atom. The van der Waals surface area contributed by atoms with E-state index in [1.165, 1.54) is 46.2 Å². The highest BCUT2D eigenvalue weighted by Crippen LogP contribution is 2.32. The number of amides is 1. The number of nitriles is 1. The van der Waals surface area contributed by atoms with E-state index in [0.29, 0.717) is 17.3 Å². The summed E-state index contributed by atoms with van der Waals surface area (Å²) in [5, 5.41) is 19.1. The number of aromatic hydroxyl groups is 1. The van der Waals surface area contributed by atoms with Gasteiger partial charge in [-0.25, -0.2) is 17.3 Å². The highest BCUT2D eigenvalue weighted by Gasteiger charge is 2.25. The molecule has 1 aromatic heterocycles. The van der Waals surface area contributed by atoms with Gasteiger partial charge in [-0.05, 0) is 54.7 Å². The van der Waals surface area contributed by atoms with Crippen LogP contribution in [0.2, 0.25) is 0 Å². The molecule has 204 valence electrons. The molecule has 0 radical (unpaired) electrons. The molecule has 10 heteroatoms. The number of hydrogen-bond acceptors (Lipinski definition) is 5. The SMILES string of the molecule is CCN(CC(=O)N(Cc1ccc(C2CCCCC2)cn1)c1cccc(O)c1)S(=O)c1cc(F)c(F)c(C#N)c1. The molecule has 0 bridgehead atoms. The number of halogens is 2. The second-order valence-corrected chi connectivity index (χ2v) is 11.0.